The van der Waals surface area contributed by atoms with E-state index in [0.29, 0.717) is 61.2 Å². The standard InChI is InChI=1S/C27H32Cl2N2O3/c1-2-30-18-19-34-23-12-4-3-8-20(23)9-5-6-13-27(26(30)33)14-16-31(17-15-27)25(32)24-21(28)10-7-11-22(24)29/h3-4,7-8,10-12H,2,5-6,9,13-19H2,1H3. The number of likely N-dealkylation sites (tertiary alicyclic amines) is 1. The van der Waals surface area contributed by atoms with Crippen LogP contribution in [0.3, 0.4) is 0 Å². The molecule has 0 bridgehead atoms. The number of para-hydroxylation sites is 1. The Hall–Kier alpha value is -2.24. The predicted octanol–water partition coefficient (Wildman–Crippen LogP) is 5.87. The number of carbonyl (C=O) groups is 2. The van der Waals surface area contributed by atoms with Gasteiger partial charge in [-0.2, -0.15) is 0 Å². The van der Waals surface area contributed by atoms with Gasteiger partial charge < -0.3 is 14.5 Å². The Morgan fingerprint density at radius 2 is 1.68 bits per heavy atom. The van der Waals surface area contributed by atoms with Crippen molar-refractivity contribution in [2.24, 2.45) is 5.41 Å². The molecule has 5 nitrogen and oxygen atoms in total. The quantitative estimate of drug-likeness (QED) is 0.515. The molecule has 1 saturated heterocycles. The van der Waals surface area contributed by atoms with Crippen LogP contribution in [0.15, 0.2) is 42.5 Å². The molecule has 0 saturated carbocycles. The lowest BCUT2D eigenvalue weighted by molar-refractivity contribution is -0.145. The Morgan fingerprint density at radius 3 is 2.38 bits per heavy atom. The Bertz CT molecular complexity index is 1010. The molecule has 0 aromatic heterocycles. The van der Waals surface area contributed by atoms with E-state index in [9.17, 15) is 9.59 Å². The summed E-state index contributed by atoms with van der Waals surface area (Å²) in [6.07, 6.45) is 5.02. The van der Waals surface area contributed by atoms with E-state index in [2.05, 4.69) is 12.1 Å². The number of hydrogen-bond acceptors (Lipinski definition) is 3. The average molecular weight is 503 g/mol. The van der Waals surface area contributed by atoms with Gasteiger partial charge in [0.15, 0.2) is 0 Å². The number of halogens is 2. The third kappa shape index (κ3) is 5.21. The first-order valence-corrected chi connectivity index (χ1v) is 12.9. The molecule has 1 fully saturated rings. The molecule has 2 aliphatic heterocycles. The lowest BCUT2D eigenvalue weighted by Crippen LogP contribution is -2.52. The number of benzene rings is 2. The van der Waals surface area contributed by atoms with Gasteiger partial charge in [-0.25, -0.2) is 0 Å². The molecule has 2 amide bonds. The van der Waals surface area contributed by atoms with Gasteiger partial charge in [0.05, 0.1) is 27.6 Å². The minimum Gasteiger partial charge on any atom is -0.491 e. The number of nitrogens with zero attached hydrogens (tertiary/aromatic N) is 2. The van der Waals surface area contributed by atoms with Gasteiger partial charge in [-0.1, -0.05) is 53.9 Å². The maximum Gasteiger partial charge on any atom is 0.256 e. The van der Waals surface area contributed by atoms with Crippen LogP contribution in [0.4, 0.5) is 0 Å². The molecule has 4 rings (SSSR count). The van der Waals surface area contributed by atoms with Crippen molar-refractivity contribution in [3.8, 4) is 5.75 Å². The summed E-state index contributed by atoms with van der Waals surface area (Å²) in [6, 6.07) is 13.3. The maximum absolute atomic E-state index is 13.8. The van der Waals surface area contributed by atoms with Gasteiger partial charge in [-0.05, 0) is 62.8 Å². The van der Waals surface area contributed by atoms with Crippen LogP contribution in [-0.4, -0.2) is 54.4 Å². The van der Waals surface area contributed by atoms with Gasteiger partial charge in [0.2, 0.25) is 5.91 Å². The number of piperidine rings is 1. The number of likely N-dealkylation sites (N-methyl/N-ethyl adjacent to an activating group) is 1. The van der Waals surface area contributed by atoms with Gasteiger partial charge in [0.1, 0.15) is 12.4 Å². The van der Waals surface area contributed by atoms with Crippen LogP contribution in [0.1, 0.15) is 54.9 Å². The molecule has 7 heteroatoms. The highest BCUT2D eigenvalue weighted by atomic mass is 35.5. The fourth-order valence-corrected chi connectivity index (χ4v) is 5.76. The second-order valence-corrected chi connectivity index (χ2v) is 10.0. The van der Waals surface area contributed by atoms with Gasteiger partial charge in [0.25, 0.3) is 5.91 Å². The van der Waals surface area contributed by atoms with E-state index < -0.39 is 5.41 Å². The fraction of sp³-hybridized carbons (Fsp3) is 0.481. The van der Waals surface area contributed by atoms with Crippen LogP contribution in [0, 0.1) is 5.41 Å². The number of amides is 2. The summed E-state index contributed by atoms with van der Waals surface area (Å²) in [5.74, 6) is 0.949. The zero-order chi connectivity index (χ0) is 24.1. The summed E-state index contributed by atoms with van der Waals surface area (Å²) in [4.78, 5) is 30.7. The minimum atomic E-state index is -0.449. The largest absolute Gasteiger partial charge is 0.491 e. The Labute approximate surface area is 212 Å². The van der Waals surface area contributed by atoms with Crippen molar-refractivity contribution in [1.29, 1.82) is 0 Å². The van der Waals surface area contributed by atoms with Crippen LogP contribution >= 0.6 is 23.2 Å². The number of aryl methyl sites for hydroxylation is 1. The number of rotatable bonds is 2. The maximum atomic E-state index is 13.8. The summed E-state index contributed by atoms with van der Waals surface area (Å²) in [5, 5.41) is 0.717. The molecule has 0 atom stereocenters. The van der Waals surface area contributed by atoms with Gasteiger partial charge in [-0.3, -0.25) is 9.59 Å². The molecule has 2 heterocycles. The Kier molecular flexibility index (Phi) is 8.05. The highest BCUT2D eigenvalue weighted by Crippen LogP contribution is 2.40. The topological polar surface area (TPSA) is 49.9 Å². The summed E-state index contributed by atoms with van der Waals surface area (Å²) >= 11 is 12.6. The van der Waals surface area contributed by atoms with Crippen LogP contribution in [0.25, 0.3) is 0 Å². The van der Waals surface area contributed by atoms with Crippen LogP contribution in [-0.2, 0) is 11.2 Å². The number of hydrogen-bond donors (Lipinski definition) is 0. The zero-order valence-electron chi connectivity index (χ0n) is 19.7. The van der Waals surface area contributed by atoms with Crippen molar-refractivity contribution >= 4 is 35.0 Å². The lowest BCUT2D eigenvalue weighted by atomic mass is 9.73. The van der Waals surface area contributed by atoms with E-state index in [-0.39, 0.29) is 11.8 Å². The molecule has 2 aromatic rings. The van der Waals surface area contributed by atoms with Crippen molar-refractivity contribution in [3.05, 3.63) is 63.6 Å². The van der Waals surface area contributed by atoms with E-state index >= 15 is 0 Å². The van der Waals surface area contributed by atoms with E-state index in [4.69, 9.17) is 27.9 Å². The third-order valence-electron chi connectivity index (χ3n) is 7.25. The Balaban J connectivity index is 1.50. The first-order valence-electron chi connectivity index (χ1n) is 12.2. The molecule has 0 unspecified atom stereocenters. The molecule has 2 aliphatic rings. The first kappa shape index (κ1) is 24.9. The smallest absolute Gasteiger partial charge is 0.256 e. The van der Waals surface area contributed by atoms with Gasteiger partial charge in [0, 0.05) is 19.6 Å². The van der Waals surface area contributed by atoms with E-state index in [1.165, 1.54) is 5.56 Å². The van der Waals surface area contributed by atoms with Crippen LogP contribution in [0.5, 0.6) is 5.75 Å². The lowest BCUT2D eigenvalue weighted by Gasteiger charge is -2.43. The molecule has 0 N–H and O–H groups in total. The van der Waals surface area contributed by atoms with Gasteiger partial charge in [-0.15, -0.1) is 0 Å². The minimum absolute atomic E-state index is 0.164. The van der Waals surface area contributed by atoms with Crippen LogP contribution in [0.2, 0.25) is 10.0 Å². The predicted molar refractivity (Wildman–Crippen MR) is 136 cm³/mol. The molecule has 34 heavy (non-hydrogen) atoms. The van der Waals surface area contributed by atoms with Crippen molar-refractivity contribution < 1.29 is 14.3 Å². The molecular formula is C27H32Cl2N2O3. The van der Waals surface area contributed by atoms with Crippen molar-refractivity contribution in [3.63, 3.8) is 0 Å². The molecule has 2 aromatic carbocycles. The molecule has 0 aliphatic carbocycles. The number of fused-ring (bicyclic) bond motifs is 1. The van der Waals surface area contributed by atoms with E-state index in [0.717, 1.165) is 31.4 Å². The summed E-state index contributed by atoms with van der Waals surface area (Å²) < 4.78 is 6.06. The highest BCUT2D eigenvalue weighted by Gasteiger charge is 2.44. The Morgan fingerprint density at radius 1 is 0.971 bits per heavy atom. The summed E-state index contributed by atoms with van der Waals surface area (Å²) in [7, 11) is 0. The highest BCUT2D eigenvalue weighted by molar-refractivity contribution is 6.39. The average Bonchev–Trinajstić information content (AvgIpc) is 2.84. The molecule has 1 spiro atoms. The van der Waals surface area contributed by atoms with E-state index in [1.807, 2.05) is 24.0 Å². The molecule has 0 radical (unpaired) electrons. The second-order valence-electron chi connectivity index (χ2n) is 9.22. The van der Waals surface area contributed by atoms with Crippen LogP contribution < -0.4 is 4.74 Å². The number of ether oxygens (including phenoxy) is 1. The third-order valence-corrected chi connectivity index (χ3v) is 7.88. The monoisotopic (exact) mass is 502 g/mol. The SMILES string of the molecule is CCN1CCOc2ccccc2CCCCC2(CCN(C(=O)c3c(Cl)cccc3Cl)CC2)C1=O. The molecular weight excluding hydrogens is 471 g/mol. The fourth-order valence-electron chi connectivity index (χ4n) is 5.20. The van der Waals surface area contributed by atoms with Crippen molar-refractivity contribution in [1.82, 2.24) is 9.80 Å². The first-order chi connectivity index (χ1) is 16.4. The summed E-state index contributed by atoms with van der Waals surface area (Å²) in [5.41, 5.74) is 1.12. The second kappa shape index (κ2) is 11.0. The van der Waals surface area contributed by atoms with Gasteiger partial charge >= 0.3 is 0 Å². The summed E-state index contributed by atoms with van der Waals surface area (Å²) in [6.45, 7) is 4.73. The molecule has 182 valence electrons. The normalized spacial score (nSPS) is 19.1. The van der Waals surface area contributed by atoms with Crippen molar-refractivity contribution in [2.75, 3.05) is 32.8 Å². The van der Waals surface area contributed by atoms with Crippen molar-refractivity contribution in [2.45, 2.75) is 45.4 Å². The number of carbonyl (C=O) groups excluding carboxylic acids is 2. The zero-order valence-corrected chi connectivity index (χ0v) is 21.2. The van der Waals surface area contributed by atoms with E-state index in [1.54, 1.807) is 23.1 Å².